The first kappa shape index (κ1) is 15.8. The number of hydrogen-bond acceptors (Lipinski definition) is 3. The van der Waals surface area contributed by atoms with Gasteiger partial charge in [0.15, 0.2) is 0 Å². The molecule has 2 heterocycles. The summed E-state index contributed by atoms with van der Waals surface area (Å²) >= 11 is 10.7. The third-order valence-electron chi connectivity index (χ3n) is 3.58. The highest BCUT2D eigenvalue weighted by atomic mass is 79.9. The predicted molar refractivity (Wildman–Crippen MR) is 83.6 cm³/mol. The Morgan fingerprint density at radius 1 is 1.47 bits per heavy atom. The molecule has 3 nitrogen and oxygen atoms in total. The van der Waals surface area contributed by atoms with Crippen molar-refractivity contribution >= 4 is 48.9 Å². The lowest BCUT2D eigenvalue weighted by molar-refractivity contribution is 0.272. The number of piperidine rings is 1. The van der Waals surface area contributed by atoms with E-state index >= 15 is 0 Å². The van der Waals surface area contributed by atoms with Crippen LogP contribution in [-0.4, -0.2) is 31.2 Å². The molecule has 1 aromatic rings. The van der Waals surface area contributed by atoms with Gasteiger partial charge >= 0.3 is 0 Å². The lowest BCUT2D eigenvalue weighted by atomic mass is 9.95. The lowest BCUT2D eigenvalue weighted by Crippen LogP contribution is -2.39. The van der Waals surface area contributed by atoms with Crippen molar-refractivity contribution in [3.63, 3.8) is 0 Å². The summed E-state index contributed by atoms with van der Waals surface area (Å²) in [7, 11) is -3.33. The maximum atomic E-state index is 12.5. The van der Waals surface area contributed by atoms with Crippen LogP contribution in [0.4, 0.5) is 0 Å². The zero-order chi connectivity index (χ0) is 14.2. The fraction of sp³-hybridized carbons (Fsp3) is 0.667. The molecule has 1 fully saturated rings. The Bertz CT molecular complexity index is 529. The average molecular weight is 387 g/mol. The van der Waals surface area contributed by atoms with Gasteiger partial charge in [0, 0.05) is 18.5 Å². The van der Waals surface area contributed by atoms with Gasteiger partial charge in [-0.1, -0.05) is 0 Å². The van der Waals surface area contributed by atoms with Crippen LogP contribution in [0.25, 0.3) is 0 Å². The topological polar surface area (TPSA) is 37.4 Å². The molecule has 1 aliphatic rings. The molecule has 2 rings (SSSR count). The Morgan fingerprint density at radius 3 is 2.47 bits per heavy atom. The number of sulfonamides is 1. The van der Waals surface area contributed by atoms with Crippen LogP contribution in [0.1, 0.15) is 25.3 Å². The lowest BCUT2D eigenvalue weighted by Gasteiger charge is -2.31. The Kier molecular flexibility index (Phi) is 4.99. The van der Waals surface area contributed by atoms with Crippen LogP contribution in [0, 0.1) is 12.8 Å². The van der Waals surface area contributed by atoms with Crippen LogP contribution in [0.2, 0.25) is 0 Å². The molecular weight excluding hydrogens is 370 g/mol. The van der Waals surface area contributed by atoms with Gasteiger partial charge in [0.05, 0.1) is 3.79 Å². The fourth-order valence-corrected chi connectivity index (χ4v) is 6.36. The Morgan fingerprint density at radius 2 is 2.05 bits per heavy atom. The van der Waals surface area contributed by atoms with E-state index in [1.807, 2.05) is 13.8 Å². The van der Waals surface area contributed by atoms with Crippen molar-refractivity contribution in [1.82, 2.24) is 4.31 Å². The summed E-state index contributed by atoms with van der Waals surface area (Å²) in [5, 5.41) is 0.114. The molecule has 0 saturated carbocycles. The summed E-state index contributed by atoms with van der Waals surface area (Å²) < 4.78 is 27.9. The van der Waals surface area contributed by atoms with Crippen molar-refractivity contribution in [3.8, 4) is 0 Å². The Hall–Kier alpha value is 0.380. The Balaban J connectivity index is 2.14. The summed E-state index contributed by atoms with van der Waals surface area (Å²) in [5.41, 5.74) is 0.966. The van der Waals surface area contributed by atoms with Crippen molar-refractivity contribution in [1.29, 1.82) is 0 Å². The highest BCUT2D eigenvalue weighted by Gasteiger charge is 2.32. The Labute approximate surface area is 132 Å². The minimum Gasteiger partial charge on any atom is -0.206 e. The zero-order valence-corrected chi connectivity index (χ0v) is 14.9. The van der Waals surface area contributed by atoms with E-state index in [-0.39, 0.29) is 5.38 Å². The largest absolute Gasteiger partial charge is 0.252 e. The van der Waals surface area contributed by atoms with E-state index in [9.17, 15) is 8.42 Å². The molecular formula is C12H17BrClNO2S2. The van der Waals surface area contributed by atoms with Crippen molar-refractivity contribution in [2.24, 2.45) is 5.92 Å². The van der Waals surface area contributed by atoms with Gasteiger partial charge in [-0.25, -0.2) is 8.42 Å². The summed E-state index contributed by atoms with van der Waals surface area (Å²) in [6, 6.07) is 1.74. The van der Waals surface area contributed by atoms with Gasteiger partial charge in [-0.3, -0.25) is 0 Å². The second-order valence-electron chi connectivity index (χ2n) is 4.94. The molecule has 0 bridgehead atoms. The molecule has 1 aliphatic heterocycles. The minimum absolute atomic E-state index is 0.114. The molecule has 1 unspecified atom stereocenters. The molecule has 19 heavy (non-hydrogen) atoms. The van der Waals surface area contributed by atoms with Crippen molar-refractivity contribution in [2.45, 2.75) is 36.3 Å². The van der Waals surface area contributed by atoms with E-state index in [1.54, 1.807) is 10.4 Å². The van der Waals surface area contributed by atoms with Gasteiger partial charge in [0.25, 0.3) is 10.0 Å². The van der Waals surface area contributed by atoms with Gasteiger partial charge in [0.2, 0.25) is 0 Å². The maximum Gasteiger partial charge on any atom is 0.252 e. The van der Waals surface area contributed by atoms with E-state index in [0.717, 1.165) is 22.2 Å². The highest BCUT2D eigenvalue weighted by Crippen LogP contribution is 2.34. The van der Waals surface area contributed by atoms with Crippen LogP contribution in [-0.2, 0) is 10.0 Å². The van der Waals surface area contributed by atoms with E-state index in [2.05, 4.69) is 15.9 Å². The molecule has 7 heteroatoms. The minimum atomic E-state index is -3.33. The first-order chi connectivity index (χ1) is 8.82. The number of nitrogens with zero attached hydrogens (tertiary/aromatic N) is 1. The number of alkyl halides is 1. The second-order valence-corrected chi connectivity index (χ2v) is 10.2. The van der Waals surface area contributed by atoms with Gasteiger partial charge in [-0.2, -0.15) is 4.31 Å². The standard InChI is InChI=1S/C12H17BrClNO2S2/c1-8-7-11(18-12(8)13)19(16,17)15-5-3-10(4-6-15)9(2)14/h7,9-10H,3-6H2,1-2H3. The second kappa shape index (κ2) is 6.02. The van der Waals surface area contributed by atoms with Crippen LogP contribution >= 0.6 is 38.9 Å². The monoisotopic (exact) mass is 385 g/mol. The van der Waals surface area contributed by atoms with Crippen LogP contribution in [0.5, 0.6) is 0 Å². The molecule has 0 N–H and O–H groups in total. The van der Waals surface area contributed by atoms with Crippen molar-refractivity contribution in [2.75, 3.05) is 13.1 Å². The molecule has 108 valence electrons. The van der Waals surface area contributed by atoms with E-state index in [1.165, 1.54) is 11.3 Å². The van der Waals surface area contributed by atoms with Crippen LogP contribution < -0.4 is 0 Å². The maximum absolute atomic E-state index is 12.5. The molecule has 0 aromatic carbocycles. The SMILES string of the molecule is Cc1cc(S(=O)(=O)N2CCC(C(C)Cl)CC2)sc1Br. The van der Waals surface area contributed by atoms with E-state index in [4.69, 9.17) is 11.6 Å². The molecule has 0 aliphatic carbocycles. The number of hydrogen-bond donors (Lipinski definition) is 0. The third-order valence-corrected chi connectivity index (χ3v) is 8.42. The predicted octanol–water partition coefficient (Wildman–Crippen LogP) is 3.85. The third kappa shape index (κ3) is 3.35. The molecule has 0 spiro atoms. The number of halogens is 2. The normalized spacial score (nSPS) is 20.6. The smallest absolute Gasteiger partial charge is 0.206 e. The van der Waals surface area contributed by atoms with Crippen LogP contribution in [0.3, 0.4) is 0 Å². The fourth-order valence-electron chi connectivity index (χ4n) is 2.26. The van der Waals surface area contributed by atoms with Crippen molar-refractivity contribution < 1.29 is 8.42 Å². The highest BCUT2D eigenvalue weighted by molar-refractivity contribution is 9.11. The molecule has 0 amide bonds. The molecule has 0 radical (unpaired) electrons. The van der Waals surface area contributed by atoms with E-state index in [0.29, 0.717) is 23.2 Å². The molecule has 1 saturated heterocycles. The summed E-state index contributed by atoms with van der Waals surface area (Å²) in [4.78, 5) is 0. The van der Waals surface area contributed by atoms with Gasteiger partial charge < -0.3 is 0 Å². The van der Waals surface area contributed by atoms with E-state index < -0.39 is 10.0 Å². The average Bonchev–Trinajstić information content (AvgIpc) is 2.70. The summed E-state index contributed by atoms with van der Waals surface area (Å²) in [6.07, 6.45) is 1.69. The van der Waals surface area contributed by atoms with Gasteiger partial charge in [-0.05, 0) is 60.2 Å². The van der Waals surface area contributed by atoms with Gasteiger partial charge in [-0.15, -0.1) is 22.9 Å². The number of aryl methyl sites for hydroxylation is 1. The molecule has 1 aromatic heterocycles. The molecule has 1 atom stereocenters. The van der Waals surface area contributed by atoms with Gasteiger partial charge in [0.1, 0.15) is 4.21 Å². The number of thiophene rings is 1. The number of rotatable bonds is 3. The first-order valence-corrected chi connectivity index (χ1v) is 9.71. The first-order valence-electron chi connectivity index (χ1n) is 6.22. The van der Waals surface area contributed by atoms with Crippen molar-refractivity contribution in [3.05, 3.63) is 15.4 Å². The van der Waals surface area contributed by atoms with Crippen LogP contribution in [0.15, 0.2) is 14.1 Å². The summed E-state index contributed by atoms with van der Waals surface area (Å²) in [5.74, 6) is 0.421. The summed E-state index contributed by atoms with van der Waals surface area (Å²) in [6.45, 7) is 5.02. The quantitative estimate of drug-likeness (QED) is 0.740. The zero-order valence-electron chi connectivity index (χ0n) is 10.9.